The molecule has 1 saturated carbocycles. The first kappa shape index (κ1) is 20.9. The zero-order chi connectivity index (χ0) is 19.0. The second-order valence-electron chi connectivity index (χ2n) is 7.67. The number of hydrogen-bond donors (Lipinski definition) is 7. The molecule has 25 heavy (non-hydrogen) atoms. The number of ether oxygens (including phenoxy) is 2. The summed E-state index contributed by atoms with van der Waals surface area (Å²) < 4.78 is 11.0. The van der Waals surface area contributed by atoms with Crippen molar-refractivity contribution in [2.24, 2.45) is 5.92 Å². The minimum Gasteiger partial charge on any atom is -0.394 e. The van der Waals surface area contributed by atoms with Crippen LogP contribution in [0.4, 0.5) is 0 Å². The monoisotopic (exact) mass is 366 g/mol. The van der Waals surface area contributed by atoms with E-state index in [2.05, 4.69) is 0 Å². The molecule has 0 spiro atoms. The van der Waals surface area contributed by atoms with E-state index in [1.54, 1.807) is 6.92 Å². The van der Waals surface area contributed by atoms with Crippen molar-refractivity contribution in [3.63, 3.8) is 0 Å². The summed E-state index contributed by atoms with van der Waals surface area (Å²) in [5.41, 5.74) is -2.60. The van der Waals surface area contributed by atoms with Gasteiger partial charge in [0, 0.05) is 0 Å². The predicted octanol–water partition coefficient (Wildman–Crippen LogP) is -2.53. The van der Waals surface area contributed by atoms with Gasteiger partial charge in [0.15, 0.2) is 6.29 Å². The van der Waals surface area contributed by atoms with Gasteiger partial charge < -0.3 is 45.2 Å². The van der Waals surface area contributed by atoms with E-state index in [0.717, 1.165) is 0 Å². The van der Waals surface area contributed by atoms with Crippen LogP contribution >= 0.6 is 0 Å². The van der Waals surface area contributed by atoms with Crippen molar-refractivity contribution < 1.29 is 45.2 Å². The van der Waals surface area contributed by atoms with Crippen LogP contribution in [0.5, 0.6) is 0 Å². The molecule has 2 aliphatic rings. The summed E-state index contributed by atoms with van der Waals surface area (Å²) in [6, 6.07) is 0. The molecule has 1 heterocycles. The Morgan fingerprint density at radius 2 is 1.80 bits per heavy atom. The van der Waals surface area contributed by atoms with Gasteiger partial charge in [-0.1, -0.05) is 0 Å². The molecule has 0 aromatic carbocycles. The van der Waals surface area contributed by atoms with Crippen molar-refractivity contribution in [2.75, 3.05) is 13.2 Å². The van der Waals surface area contributed by atoms with Crippen LogP contribution in [0.2, 0.25) is 0 Å². The van der Waals surface area contributed by atoms with E-state index in [4.69, 9.17) is 9.47 Å². The molecular weight excluding hydrogens is 336 g/mol. The number of aliphatic hydroxyl groups excluding tert-OH is 5. The maximum Gasteiger partial charge on any atom is 0.187 e. The Kier molecular flexibility index (Phi) is 6.46. The van der Waals surface area contributed by atoms with Gasteiger partial charge in [-0.2, -0.15) is 0 Å². The number of hydrogen-bond acceptors (Lipinski definition) is 9. The van der Waals surface area contributed by atoms with Gasteiger partial charge in [-0.25, -0.2) is 0 Å². The van der Waals surface area contributed by atoms with Crippen molar-refractivity contribution in [3.05, 3.63) is 0 Å². The Hall–Kier alpha value is -0.360. The molecule has 9 atom stereocenters. The van der Waals surface area contributed by atoms with E-state index in [-0.39, 0.29) is 12.3 Å². The molecule has 9 unspecified atom stereocenters. The largest absolute Gasteiger partial charge is 0.394 e. The van der Waals surface area contributed by atoms with Gasteiger partial charge in [0.2, 0.25) is 0 Å². The molecule has 0 bridgehead atoms. The molecule has 0 aromatic heterocycles. The van der Waals surface area contributed by atoms with Crippen LogP contribution < -0.4 is 0 Å². The van der Waals surface area contributed by atoms with Gasteiger partial charge in [0.1, 0.15) is 24.4 Å². The van der Waals surface area contributed by atoms with Crippen molar-refractivity contribution in [1.82, 2.24) is 0 Å². The Balaban J connectivity index is 2.12. The predicted molar refractivity (Wildman–Crippen MR) is 84.3 cm³/mol. The Morgan fingerprint density at radius 3 is 2.36 bits per heavy atom. The fourth-order valence-corrected chi connectivity index (χ4v) is 3.50. The van der Waals surface area contributed by atoms with E-state index >= 15 is 0 Å². The van der Waals surface area contributed by atoms with E-state index in [1.807, 2.05) is 0 Å². The van der Waals surface area contributed by atoms with Crippen molar-refractivity contribution in [1.29, 1.82) is 0 Å². The molecule has 7 N–H and O–H groups in total. The van der Waals surface area contributed by atoms with E-state index in [9.17, 15) is 35.7 Å². The zero-order valence-electron chi connectivity index (χ0n) is 14.5. The van der Waals surface area contributed by atoms with Gasteiger partial charge in [0.05, 0.1) is 30.5 Å². The Morgan fingerprint density at radius 1 is 1.16 bits per heavy atom. The second kappa shape index (κ2) is 7.71. The van der Waals surface area contributed by atoms with Crippen molar-refractivity contribution in [3.8, 4) is 0 Å². The fourth-order valence-electron chi connectivity index (χ4n) is 3.50. The van der Waals surface area contributed by atoms with Gasteiger partial charge >= 0.3 is 0 Å². The maximum atomic E-state index is 10.6. The highest BCUT2D eigenvalue weighted by atomic mass is 16.7. The summed E-state index contributed by atoms with van der Waals surface area (Å²) in [7, 11) is 0. The third kappa shape index (κ3) is 4.32. The fraction of sp³-hybridized carbons (Fsp3) is 1.00. The minimum atomic E-state index is -1.57. The maximum absolute atomic E-state index is 10.6. The van der Waals surface area contributed by atoms with E-state index < -0.39 is 61.2 Å². The highest BCUT2D eigenvalue weighted by molar-refractivity contribution is 4.97. The van der Waals surface area contributed by atoms with Crippen LogP contribution in [0.3, 0.4) is 0 Å². The normalized spacial score (nSPS) is 48.1. The molecule has 0 radical (unpaired) electrons. The quantitative estimate of drug-likeness (QED) is 0.278. The Labute approximate surface area is 146 Å². The lowest BCUT2D eigenvalue weighted by Crippen LogP contribution is -2.61. The van der Waals surface area contributed by atoms with Crippen molar-refractivity contribution in [2.45, 2.75) is 81.1 Å². The molecule has 9 nitrogen and oxygen atoms in total. The molecule has 148 valence electrons. The summed E-state index contributed by atoms with van der Waals surface area (Å²) in [5, 5.41) is 69.2. The second-order valence-corrected chi connectivity index (χ2v) is 7.67. The van der Waals surface area contributed by atoms with Gasteiger partial charge in [-0.15, -0.1) is 0 Å². The average molecular weight is 366 g/mol. The lowest BCUT2D eigenvalue weighted by Gasteiger charge is -2.47. The molecule has 2 fully saturated rings. The first-order chi connectivity index (χ1) is 11.5. The third-order valence-corrected chi connectivity index (χ3v) is 5.54. The lowest BCUT2D eigenvalue weighted by molar-refractivity contribution is -0.328. The average Bonchev–Trinajstić information content (AvgIpc) is 2.56. The highest BCUT2D eigenvalue weighted by Crippen LogP contribution is 2.40. The summed E-state index contributed by atoms with van der Waals surface area (Å²) in [5.74, 6) is -0.340. The van der Waals surface area contributed by atoms with Crippen LogP contribution in [-0.4, -0.2) is 97.0 Å². The molecule has 0 amide bonds. The third-order valence-electron chi connectivity index (χ3n) is 5.54. The molecule has 0 aromatic rings. The molecule has 9 heteroatoms. The molecule has 1 saturated heterocycles. The van der Waals surface area contributed by atoms with E-state index in [1.165, 1.54) is 6.92 Å². The highest BCUT2D eigenvalue weighted by Gasteiger charge is 2.49. The number of rotatable bonds is 5. The zero-order valence-corrected chi connectivity index (χ0v) is 14.5. The standard InChI is InChI=1S/C16H30O9/c1-15(22)4-3-8(16(2,23)7-18)5-10(15)25-14-13(21)12(20)11(19)9(6-17)24-14/h8-14,17-23H,3-7H2,1-2H3. The first-order valence-electron chi connectivity index (χ1n) is 8.55. The number of aliphatic hydroxyl groups is 7. The molecular formula is C16H30O9. The van der Waals surface area contributed by atoms with Crippen molar-refractivity contribution >= 4 is 0 Å². The van der Waals surface area contributed by atoms with Crippen LogP contribution in [0.15, 0.2) is 0 Å². The van der Waals surface area contributed by atoms with E-state index in [0.29, 0.717) is 12.8 Å². The summed E-state index contributed by atoms with van der Waals surface area (Å²) >= 11 is 0. The van der Waals surface area contributed by atoms with Gasteiger partial charge in [-0.3, -0.25) is 0 Å². The minimum absolute atomic E-state index is 0.204. The molecule has 1 aliphatic carbocycles. The first-order valence-corrected chi connectivity index (χ1v) is 8.55. The van der Waals surface area contributed by atoms with Crippen LogP contribution in [0.25, 0.3) is 0 Å². The van der Waals surface area contributed by atoms with Gasteiger partial charge in [-0.05, 0) is 39.0 Å². The van der Waals surface area contributed by atoms with Crippen LogP contribution in [0.1, 0.15) is 33.1 Å². The lowest BCUT2D eigenvalue weighted by atomic mass is 9.71. The van der Waals surface area contributed by atoms with Crippen LogP contribution in [-0.2, 0) is 9.47 Å². The summed E-state index contributed by atoms with van der Waals surface area (Å²) in [6.07, 6.45) is -6.94. The Bertz CT molecular complexity index is 439. The molecule has 1 aliphatic heterocycles. The SMILES string of the molecule is CC(O)(CO)C1CCC(C)(O)C(OC2OC(CO)C(O)C(O)C2O)C1. The smallest absolute Gasteiger partial charge is 0.187 e. The van der Waals surface area contributed by atoms with Gasteiger partial charge in [0.25, 0.3) is 0 Å². The summed E-state index contributed by atoms with van der Waals surface area (Å²) in [6.45, 7) is 2.05. The topological polar surface area (TPSA) is 160 Å². The summed E-state index contributed by atoms with van der Waals surface area (Å²) in [4.78, 5) is 0. The molecule has 2 rings (SSSR count). The van der Waals surface area contributed by atoms with Crippen LogP contribution in [0, 0.1) is 5.92 Å².